The van der Waals surface area contributed by atoms with E-state index in [0.717, 1.165) is 23.5 Å². The lowest BCUT2D eigenvalue weighted by atomic mass is 10.1. The van der Waals surface area contributed by atoms with E-state index >= 15 is 0 Å². The topological polar surface area (TPSA) is 101 Å². The average Bonchev–Trinajstić information content (AvgIpc) is 2.58. The summed E-state index contributed by atoms with van der Waals surface area (Å²) in [5.74, 6) is -1.60. The SMILES string of the molecule is CC(C)(C)OCc1cccc(CNC(=O)c2cnc(C(=O)O)cn2)c1. The quantitative estimate of drug-likeness (QED) is 0.835. The van der Waals surface area contributed by atoms with Crippen LogP contribution in [0.25, 0.3) is 0 Å². The zero-order valence-corrected chi connectivity index (χ0v) is 14.4. The number of hydrogen-bond donors (Lipinski definition) is 2. The van der Waals surface area contributed by atoms with Gasteiger partial charge in [-0.2, -0.15) is 0 Å². The van der Waals surface area contributed by atoms with Crippen LogP contribution in [0.3, 0.4) is 0 Å². The summed E-state index contributed by atoms with van der Waals surface area (Å²) in [5, 5.41) is 11.5. The number of rotatable bonds is 6. The van der Waals surface area contributed by atoms with Gasteiger partial charge in [0.05, 0.1) is 24.6 Å². The summed E-state index contributed by atoms with van der Waals surface area (Å²) < 4.78 is 5.74. The molecule has 7 heteroatoms. The number of aromatic nitrogens is 2. The smallest absolute Gasteiger partial charge is 0.356 e. The molecule has 0 aliphatic carbocycles. The Kier molecular flexibility index (Phi) is 5.82. The predicted molar refractivity (Wildman–Crippen MR) is 91.1 cm³/mol. The molecule has 1 aromatic heterocycles. The van der Waals surface area contributed by atoms with E-state index in [4.69, 9.17) is 9.84 Å². The highest BCUT2D eigenvalue weighted by molar-refractivity contribution is 5.92. The van der Waals surface area contributed by atoms with E-state index in [-0.39, 0.29) is 17.0 Å². The standard InChI is InChI=1S/C18H21N3O4/c1-18(2,3)25-11-13-6-4-5-12(7-13)8-21-16(22)14-9-20-15(10-19-14)17(23)24/h4-7,9-10H,8,11H2,1-3H3,(H,21,22)(H,23,24). The van der Waals surface area contributed by atoms with E-state index in [2.05, 4.69) is 15.3 Å². The van der Waals surface area contributed by atoms with Crippen molar-refractivity contribution in [3.05, 3.63) is 59.2 Å². The molecule has 0 bridgehead atoms. The molecule has 2 aromatic rings. The molecule has 2 rings (SSSR count). The Morgan fingerprint density at radius 2 is 1.76 bits per heavy atom. The van der Waals surface area contributed by atoms with Crippen LogP contribution in [-0.4, -0.2) is 32.6 Å². The fourth-order valence-corrected chi connectivity index (χ4v) is 1.96. The van der Waals surface area contributed by atoms with E-state index in [1.54, 1.807) is 0 Å². The van der Waals surface area contributed by atoms with Gasteiger partial charge in [0.1, 0.15) is 5.69 Å². The molecule has 0 fully saturated rings. The number of carbonyl (C=O) groups is 2. The van der Waals surface area contributed by atoms with Crippen LogP contribution in [0.4, 0.5) is 0 Å². The lowest BCUT2D eigenvalue weighted by Gasteiger charge is -2.19. The molecule has 0 spiro atoms. The van der Waals surface area contributed by atoms with Gasteiger partial charge in [0.25, 0.3) is 5.91 Å². The van der Waals surface area contributed by atoms with Gasteiger partial charge < -0.3 is 15.2 Å². The molecule has 0 saturated carbocycles. The summed E-state index contributed by atoms with van der Waals surface area (Å²) in [5.41, 5.74) is 1.59. The van der Waals surface area contributed by atoms with E-state index in [0.29, 0.717) is 13.2 Å². The second-order valence-electron chi connectivity index (χ2n) is 6.50. The van der Waals surface area contributed by atoms with Crippen molar-refractivity contribution >= 4 is 11.9 Å². The number of ether oxygens (including phenoxy) is 1. The number of amides is 1. The molecule has 0 radical (unpaired) electrons. The molecule has 1 amide bonds. The van der Waals surface area contributed by atoms with Crippen molar-refractivity contribution in [2.75, 3.05) is 0 Å². The number of nitrogens with zero attached hydrogens (tertiary/aromatic N) is 2. The largest absolute Gasteiger partial charge is 0.476 e. The molecular formula is C18H21N3O4. The van der Waals surface area contributed by atoms with Gasteiger partial charge in [-0.25, -0.2) is 14.8 Å². The number of carboxylic acid groups (broad SMARTS) is 1. The minimum atomic E-state index is -1.19. The van der Waals surface area contributed by atoms with Crippen LogP contribution in [0.2, 0.25) is 0 Å². The van der Waals surface area contributed by atoms with Gasteiger partial charge in [0, 0.05) is 6.54 Å². The molecule has 132 valence electrons. The van der Waals surface area contributed by atoms with Crippen molar-refractivity contribution < 1.29 is 19.4 Å². The van der Waals surface area contributed by atoms with Crippen LogP contribution in [0, 0.1) is 0 Å². The van der Waals surface area contributed by atoms with E-state index in [9.17, 15) is 9.59 Å². The first-order valence-electron chi connectivity index (χ1n) is 7.80. The van der Waals surface area contributed by atoms with Crippen molar-refractivity contribution in [1.82, 2.24) is 15.3 Å². The number of aromatic carboxylic acids is 1. The summed E-state index contributed by atoms with van der Waals surface area (Å²) in [6.07, 6.45) is 2.20. The fourth-order valence-electron chi connectivity index (χ4n) is 1.96. The number of benzene rings is 1. The number of nitrogens with one attached hydrogen (secondary N) is 1. The van der Waals surface area contributed by atoms with Gasteiger partial charge in [-0.1, -0.05) is 24.3 Å². The van der Waals surface area contributed by atoms with Crippen LogP contribution < -0.4 is 5.32 Å². The van der Waals surface area contributed by atoms with Crippen molar-refractivity contribution in [3.8, 4) is 0 Å². The summed E-state index contributed by atoms with van der Waals surface area (Å²) >= 11 is 0. The Bertz CT molecular complexity index is 752. The monoisotopic (exact) mass is 343 g/mol. The fraction of sp³-hybridized carbons (Fsp3) is 0.333. The van der Waals surface area contributed by atoms with Crippen molar-refractivity contribution in [1.29, 1.82) is 0 Å². The normalized spacial score (nSPS) is 11.2. The molecule has 0 aliphatic heterocycles. The van der Waals surface area contributed by atoms with Crippen LogP contribution >= 0.6 is 0 Å². The first-order chi connectivity index (χ1) is 11.7. The molecule has 7 nitrogen and oxygen atoms in total. The minimum absolute atomic E-state index is 0.0669. The second kappa shape index (κ2) is 7.85. The Labute approximate surface area is 146 Å². The number of hydrogen-bond acceptors (Lipinski definition) is 5. The maximum absolute atomic E-state index is 12.1. The summed E-state index contributed by atoms with van der Waals surface area (Å²) in [6.45, 7) is 6.80. The zero-order chi connectivity index (χ0) is 18.4. The van der Waals surface area contributed by atoms with Crippen LogP contribution in [0.1, 0.15) is 52.9 Å². The molecule has 1 heterocycles. The van der Waals surface area contributed by atoms with Crippen LogP contribution in [0.5, 0.6) is 0 Å². The van der Waals surface area contributed by atoms with Gasteiger partial charge in [0.2, 0.25) is 0 Å². The minimum Gasteiger partial charge on any atom is -0.476 e. The molecule has 0 atom stereocenters. The third-order valence-electron chi connectivity index (χ3n) is 3.22. The van der Waals surface area contributed by atoms with Gasteiger partial charge in [0.15, 0.2) is 5.69 Å². The lowest BCUT2D eigenvalue weighted by molar-refractivity contribution is -0.0149. The summed E-state index contributed by atoms with van der Waals surface area (Å²) in [6, 6.07) is 7.74. The van der Waals surface area contributed by atoms with Crippen molar-refractivity contribution in [2.24, 2.45) is 0 Å². The van der Waals surface area contributed by atoms with E-state index in [1.807, 2.05) is 45.0 Å². The molecule has 25 heavy (non-hydrogen) atoms. The first-order valence-corrected chi connectivity index (χ1v) is 7.80. The molecule has 2 N–H and O–H groups in total. The summed E-state index contributed by atoms with van der Waals surface area (Å²) in [4.78, 5) is 30.3. The van der Waals surface area contributed by atoms with Crippen LogP contribution in [-0.2, 0) is 17.9 Å². The second-order valence-corrected chi connectivity index (χ2v) is 6.50. The zero-order valence-electron chi connectivity index (χ0n) is 14.4. The Morgan fingerprint density at radius 1 is 1.12 bits per heavy atom. The van der Waals surface area contributed by atoms with Gasteiger partial charge in [-0.15, -0.1) is 0 Å². The van der Waals surface area contributed by atoms with Gasteiger partial charge in [-0.3, -0.25) is 4.79 Å². The maximum Gasteiger partial charge on any atom is 0.356 e. The predicted octanol–water partition coefficient (Wildman–Crippen LogP) is 2.42. The molecule has 1 aromatic carbocycles. The third-order valence-corrected chi connectivity index (χ3v) is 3.22. The highest BCUT2D eigenvalue weighted by atomic mass is 16.5. The average molecular weight is 343 g/mol. The van der Waals surface area contributed by atoms with Crippen molar-refractivity contribution in [3.63, 3.8) is 0 Å². The number of carbonyl (C=O) groups excluding carboxylic acids is 1. The van der Waals surface area contributed by atoms with Crippen molar-refractivity contribution in [2.45, 2.75) is 39.5 Å². The molecule has 0 saturated heterocycles. The van der Waals surface area contributed by atoms with E-state index < -0.39 is 11.9 Å². The maximum atomic E-state index is 12.1. The molecular weight excluding hydrogens is 322 g/mol. The Hall–Kier alpha value is -2.80. The van der Waals surface area contributed by atoms with Gasteiger partial charge in [-0.05, 0) is 31.9 Å². The van der Waals surface area contributed by atoms with Gasteiger partial charge >= 0.3 is 5.97 Å². The highest BCUT2D eigenvalue weighted by Crippen LogP contribution is 2.13. The third kappa shape index (κ3) is 5.96. The molecule has 0 aliphatic rings. The van der Waals surface area contributed by atoms with E-state index in [1.165, 1.54) is 0 Å². The number of carboxylic acids is 1. The first kappa shape index (κ1) is 18.5. The molecule has 0 unspecified atom stereocenters. The highest BCUT2D eigenvalue weighted by Gasteiger charge is 2.12. The summed E-state index contributed by atoms with van der Waals surface area (Å²) in [7, 11) is 0. The van der Waals surface area contributed by atoms with Crippen LogP contribution in [0.15, 0.2) is 36.7 Å². The Morgan fingerprint density at radius 3 is 2.36 bits per heavy atom. The lowest BCUT2D eigenvalue weighted by Crippen LogP contribution is -2.24. The Balaban J connectivity index is 1.94.